The lowest BCUT2D eigenvalue weighted by molar-refractivity contribution is 0.102. The van der Waals surface area contributed by atoms with Crippen LogP contribution in [0.1, 0.15) is 15.9 Å². The third-order valence-corrected chi connectivity index (χ3v) is 5.26. The standard InChI is InChI=1S/C15H10Br2N2O2S/c16-8-4-5-12-13(6-8)22-15(18-12)19-14(21)9-2-1-3-11(17)10(9)7-20/h1-6,20H,7H2,(H,18,19,21). The maximum absolute atomic E-state index is 12.4. The van der Waals surface area contributed by atoms with Gasteiger partial charge in [-0.3, -0.25) is 10.1 Å². The number of amides is 1. The third-order valence-electron chi connectivity index (χ3n) is 3.09. The zero-order valence-corrected chi connectivity index (χ0v) is 15.1. The molecule has 1 aromatic heterocycles. The highest BCUT2D eigenvalue weighted by Gasteiger charge is 2.15. The molecule has 112 valence electrons. The van der Waals surface area contributed by atoms with Crippen LogP contribution < -0.4 is 5.32 Å². The van der Waals surface area contributed by atoms with Crippen molar-refractivity contribution in [3.05, 3.63) is 56.5 Å². The molecule has 0 aliphatic heterocycles. The molecule has 0 aliphatic carbocycles. The normalized spacial score (nSPS) is 10.9. The number of fused-ring (bicyclic) bond motifs is 1. The van der Waals surface area contributed by atoms with E-state index in [0.717, 1.165) is 14.7 Å². The summed E-state index contributed by atoms with van der Waals surface area (Å²) in [5.74, 6) is -0.288. The van der Waals surface area contributed by atoms with E-state index in [2.05, 4.69) is 42.2 Å². The Labute approximate surface area is 147 Å². The highest BCUT2D eigenvalue weighted by Crippen LogP contribution is 2.29. The summed E-state index contributed by atoms with van der Waals surface area (Å²) in [6.45, 7) is -0.211. The van der Waals surface area contributed by atoms with Crippen molar-refractivity contribution in [2.24, 2.45) is 0 Å². The molecule has 4 nitrogen and oxygen atoms in total. The SMILES string of the molecule is O=C(Nc1nc2ccc(Br)cc2s1)c1cccc(Br)c1CO. The number of benzene rings is 2. The first-order valence-electron chi connectivity index (χ1n) is 6.34. The van der Waals surface area contributed by atoms with Crippen molar-refractivity contribution >= 4 is 64.5 Å². The van der Waals surface area contributed by atoms with Crippen molar-refractivity contribution < 1.29 is 9.90 Å². The lowest BCUT2D eigenvalue weighted by atomic mass is 10.1. The van der Waals surface area contributed by atoms with E-state index in [1.54, 1.807) is 18.2 Å². The molecule has 0 atom stereocenters. The molecule has 3 aromatic rings. The third kappa shape index (κ3) is 3.08. The smallest absolute Gasteiger partial charge is 0.257 e. The number of hydrogen-bond donors (Lipinski definition) is 2. The Kier molecular flexibility index (Phi) is 4.58. The molecule has 22 heavy (non-hydrogen) atoms. The molecule has 7 heteroatoms. The number of nitrogens with one attached hydrogen (secondary N) is 1. The molecule has 0 spiro atoms. The summed E-state index contributed by atoms with van der Waals surface area (Å²) < 4.78 is 2.66. The fourth-order valence-corrected chi connectivity index (χ4v) is 3.95. The molecule has 2 N–H and O–H groups in total. The van der Waals surface area contributed by atoms with Crippen LogP contribution in [0, 0.1) is 0 Å². The molecule has 0 radical (unpaired) electrons. The van der Waals surface area contributed by atoms with Gasteiger partial charge in [0.15, 0.2) is 5.13 Å². The molecular formula is C15H10Br2N2O2S. The lowest BCUT2D eigenvalue weighted by Gasteiger charge is -2.08. The number of aliphatic hydroxyl groups excluding tert-OH is 1. The summed E-state index contributed by atoms with van der Waals surface area (Å²) >= 11 is 8.16. The average molecular weight is 442 g/mol. The van der Waals surface area contributed by atoms with Gasteiger partial charge in [-0.25, -0.2) is 4.98 Å². The largest absolute Gasteiger partial charge is 0.392 e. The molecule has 0 bridgehead atoms. The molecule has 0 aliphatic rings. The Balaban J connectivity index is 1.91. The molecule has 0 unspecified atom stereocenters. The lowest BCUT2D eigenvalue weighted by Crippen LogP contribution is -2.14. The van der Waals surface area contributed by atoms with Crippen molar-refractivity contribution in [3.8, 4) is 0 Å². The number of rotatable bonds is 3. The minimum atomic E-state index is -0.288. The van der Waals surface area contributed by atoms with E-state index in [1.165, 1.54) is 11.3 Å². The minimum Gasteiger partial charge on any atom is -0.392 e. The van der Waals surface area contributed by atoms with E-state index in [1.807, 2.05) is 18.2 Å². The van der Waals surface area contributed by atoms with Crippen LogP contribution in [0.25, 0.3) is 10.2 Å². The van der Waals surface area contributed by atoms with Gasteiger partial charge in [0, 0.05) is 20.1 Å². The monoisotopic (exact) mass is 440 g/mol. The number of carbonyl (C=O) groups is 1. The highest BCUT2D eigenvalue weighted by atomic mass is 79.9. The summed E-state index contributed by atoms with van der Waals surface area (Å²) in [5.41, 5.74) is 1.82. The Morgan fingerprint density at radius 3 is 2.86 bits per heavy atom. The summed E-state index contributed by atoms with van der Waals surface area (Å²) in [6.07, 6.45) is 0. The van der Waals surface area contributed by atoms with Gasteiger partial charge in [-0.15, -0.1) is 0 Å². The van der Waals surface area contributed by atoms with E-state index >= 15 is 0 Å². The quantitative estimate of drug-likeness (QED) is 0.625. The Morgan fingerprint density at radius 1 is 1.27 bits per heavy atom. The topological polar surface area (TPSA) is 62.2 Å². The van der Waals surface area contributed by atoms with Gasteiger partial charge < -0.3 is 5.11 Å². The second kappa shape index (κ2) is 6.45. The molecule has 0 fully saturated rings. The van der Waals surface area contributed by atoms with Crippen LogP contribution in [0.15, 0.2) is 45.3 Å². The maximum atomic E-state index is 12.4. The van der Waals surface area contributed by atoms with Crippen molar-refractivity contribution in [1.82, 2.24) is 4.98 Å². The van der Waals surface area contributed by atoms with E-state index in [4.69, 9.17) is 0 Å². The van der Waals surface area contributed by atoms with Crippen LogP contribution in [-0.2, 0) is 6.61 Å². The first-order chi connectivity index (χ1) is 10.6. The Hall–Kier alpha value is -1.28. The minimum absolute atomic E-state index is 0.211. The van der Waals surface area contributed by atoms with Gasteiger partial charge in [0.1, 0.15) is 0 Å². The number of aliphatic hydroxyl groups is 1. The van der Waals surface area contributed by atoms with E-state index < -0.39 is 0 Å². The van der Waals surface area contributed by atoms with E-state index in [0.29, 0.717) is 20.7 Å². The summed E-state index contributed by atoms with van der Waals surface area (Å²) in [7, 11) is 0. The van der Waals surface area contributed by atoms with Crippen LogP contribution >= 0.6 is 43.2 Å². The Bertz CT molecular complexity index is 864. The van der Waals surface area contributed by atoms with Crippen molar-refractivity contribution in [2.75, 3.05) is 5.32 Å². The van der Waals surface area contributed by atoms with Gasteiger partial charge >= 0.3 is 0 Å². The predicted molar refractivity (Wildman–Crippen MR) is 95.3 cm³/mol. The molecule has 0 saturated carbocycles. The van der Waals surface area contributed by atoms with Gasteiger partial charge in [0.25, 0.3) is 5.91 Å². The second-order valence-electron chi connectivity index (χ2n) is 4.51. The average Bonchev–Trinajstić information content (AvgIpc) is 2.88. The highest BCUT2D eigenvalue weighted by molar-refractivity contribution is 9.10. The number of anilines is 1. The number of hydrogen-bond acceptors (Lipinski definition) is 4. The zero-order valence-electron chi connectivity index (χ0n) is 11.1. The fraction of sp³-hybridized carbons (Fsp3) is 0.0667. The maximum Gasteiger partial charge on any atom is 0.257 e. The molecule has 2 aromatic carbocycles. The number of carbonyl (C=O) groups excluding carboxylic acids is 1. The van der Waals surface area contributed by atoms with Crippen molar-refractivity contribution in [3.63, 3.8) is 0 Å². The van der Waals surface area contributed by atoms with Crippen LogP contribution in [0.4, 0.5) is 5.13 Å². The van der Waals surface area contributed by atoms with Gasteiger partial charge in [0.2, 0.25) is 0 Å². The number of nitrogens with zero attached hydrogens (tertiary/aromatic N) is 1. The van der Waals surface area contributed by atoms with E-state index in [9.17, 15) is 9.90 Å². The van der Waals surface area contributed by atoms with Gasteiger partial charge in [-0.05, 0) is 30.3 Å². The van der Waals surface area contributed by atoms with Crippen molar-refractivity contribution in [1.29, 1.82) is 0 Å². The first-order valence-corrected chi connectivity index (χ1v) is 8.74. The number of halogens is 2. The van der Waals surface area contributed by atoms with Crippen LogP contribution in [0.3, 0.4) is 0 Å². The molecule has 1 heterocycles. The van der Waals surface area contributed by atoms with Gasteiger partial charge in [0.05, 0.1) is 16.8 Å². The molecular weight excluding hydrogens is 432 g/mol. The second-order valence-corrected chi connectivity index (χ2v) is 7.31. The van der Waals surface area contributed by atoms with Gasteiger partial charge in [-0.2, -0.15) is 0 Å². The summed E-state index contributed by atoms with van der Waals surface area (Å²) in [4.78, 5) is 16.8. The van der Waals surface area contributed by atoms with E-state index in [-0.39, 0.29) is 12.5 Å². The first kappa shape index (κ1) is 15.6. The molecule has 1 amide bonds. The summed E-state index contributed by atoms with van der Waals surface area (Å²) in [6, 6.07) is 11.0. The fourth-order valence-electron chi connectivity index (χ4n) is 2.05. The predicted octanol–water partition coefficient (Wildman–Crippen LogP) is 4.57. The number of thiazole rings is 1. The summed E-state index contributed by atoms with van der Waals surface area (Å²) in [5, 5.41) is 12.8. The van der Waals surface area contributed by atoms with Crippen LogP contribution in [0.2, 0.25) is 0 Å². The van der Waals surface area contributed by atoms with Crippen LogP contribution in [0.5, 0.6) is 0 Å². The van der Waals surface area contributed by atoms with Crippen molar-refractivity contribution in [2.45, 2.75) is 6.61 Å². The Morgan fingerprint density at radius 2 is 2.09 bits per heavy atom. The van der Waals surface area contributed by atoms with Crippen LogP contribution in [-0.4, -0.2) is 16.0 Å². The zero-order chi connectivity index (χ0) is 15.7. The molecule has 3 rings (SSSR count). The number of aromatic nitrogens is 1. The van der Waals surface area contributed by atoms with Gasteiger partial charge in [-0.1, -0.05) is 49.3 Å². The molecule has 0 saturated heterocycles.